The monoisotopic (exact) mass is 356 g/mol. The van der Waals surface area contributed by atoms with Crippen LogP contribution in [0.4, 0.5) is 0 Å². The maximum atomic E-state index is 6.20. The van der Waals surface area contributed by atoms with Gasteiger partial charge in [0.15, 0.2) is 5.75 Å². The first-order valence-electron chi connectivity index (χ1n) is 6.93. The van der Waals surface area contributed by atoms with Crippen LogP contribution in [0.2, 0.25) is 15.1 Å². The van der Waals surface area contributed by atoms with Crippen LogP contribution in [0.15, 0.2) is 30.3 Å². The minimum absolute atomic E-state index is 0.232. The van der Waals surface area contributed by atoms with Crippen molar-refractivity contribution in [3.05, 3.63) is 56.5 Å². The Morgan fingerprint density at radius 3 is 2.50 bits per heavy atom. The molecule has 1 aliphatic rings. The molecule has 116 valence electrons. The third kappa shape index (κ3) is 3.15. The Hall–Kier alpha value is -1.09. The maximum Gasteiger partial charge on any atom is 0.156 e. The fraction of sp³-hybridized carbons (Fsp3) is 0.294. The second-order valence-electron chi connectivity index (χ2n) is 5.93. The molecule has 0 fully saturated rings. The molecule has 0 amide bonds. The zero-order valence-electron chi connectivity index (χ0n) is 12.3. The molecule has 0 unspecified atom stereocenters. The van der Waals surface area contributed by atoms with Crippen LogP contribution >= 0.6 is 34.8 Å². The van der Waals surface area contributed by atoms with Gasteiger partial charge in [0.25, 0.3) is 0 Å². The molecule has 2 aromatic rings. The van der Waals surface area contributed by atoms with Crippen LogP contribution in [0.1, 0.15) is 25.0 Å². The minimum Gasteiger partial charge on any atom is -0.487 e. The van der Waals surface area contributed by atoms with E-state index >= 15 is 0 Å². The van der Waals surface area contributed by atoms with E-state index in [4.69, 9.17) is 44.3 Å². The predicted octanol–water partition coefficient (Wildman–Crippen LogP) is 5.94. The van der Waals surface area contributed by atoms with Crippen molar-refractivity contribution in [2.75, 3.05) is 0 Å². The first-order chi connectivity index (χ1) is 10.4. The van der Waals surface area contributed by atoms with Crippen LogP contribution < -0.4 is 9.47 Å². The van der Waals surface area contributed by atoms with Crippen LogP contribution in [0, 0.1) is 0 Å². The molecule has 0 saturated heterocycles. The highest BCUT2D eigenvalue weighted by Crippen LogP contribution is 2.41. The summed E-state index contributed by atoms with van der Waals surface area (Å²) in [6.45, 7) is 4.40. The van der Waals surface area contributed by atoms with E-state index in [0.717, 1.165) is 23.3 Å². The standard InChI is InChI=1S/C17H15Cl3O2/c1-17(2)8-10-6-12(18)7-11(15(10)22-17)9-21-16-13(19)4-3-5-14(16)20/h3-7H,8-9H2,1-2H3. The average Bonchev–Trinajstić information content (AvgIpc) is 2.72. The van der Waals surface area contributed by atoms with Crippen molar-refractivity contribution < 1.29 is 9.47 Å². The summed E-state index contributed by atoms with van der Waals surface area (Å²) in [5.41, 5.74) is 1.76. The lowest BCUT2D eigenvalue weighted by atomic mass is 10.0. The number of rotatable bonds is 3. The lowest BCUT2D eigenvalue weighted by Crippen LogP contribution is -2.25. The highest BCUT2D eigenvalue weighted by atomic mass is 35.5. The van der Waals surface area contributed by atoms with Gasteiger partial charge in [-0.05, 0) is 43.7 Å². The van der Waals surface area contributed by atoms with Gasteiger partial charge >= 0.3 is 0 Å². The van der Waals surface area contributed by atoms with Crippen molar-refractivity contribution >= 4 is 34.8 Å². The third-order valence-electron chi connectivity index (χ3n) is 3.49. The van der Waals surface area contributed by atoms with Crippen LogP contribution in [-0.2, 0) is 13.0 Å². The molecule has 0 aliphatic carbocycles. The average molecular weight is 358 g/mol. The third-order valence-corrected chi connectivity index (χ3v) is 4.31. The molecule has 2 nitrogen and oxygen atoms in total. The van der Waals surface area contributed by atoms with E-state index in [0.29, 0.717) is 27.4 Å². The van der Waals surface area contributed by atoms with Crippen LogP contribution in [0.3, 0.4) is 0 Å². The van der Waals surface area contributed by atoms with Gasteiger partial charge in [0.2, 0.25) is 0 Å². The van der Waals surface area contributed by atoms with Gasteiger partial charge in [0.1, 0.15) is 18.0 Å². The highest BCUT2D eigenvalue weighted by Gasteiger charge is 2.32. The lowest BCUT2D eigenvalue weighted by Gasteiger charge is -2.18. The smallest absolute Gasteiger partial charge is 0.156 e. The van der Waals surface area contributed by atoms with Crippen molar-refractivity contribution in [1.82, 2.24) is 0 Å². The Morgan fingerprint density at radius 1 is 1.14 bits per heavy atom. The summed E-state index contributed by atoms with van der Waals surface area (Å²) in [4.78, 5) is 0. The van der Waals surface area contributed by atoms with Gasteiger partial charge in [-0.3, -0.25) is 0 Å². The fourth-order valence-corrected chi connectivity index (χ4v) is 3.39. The molecule has 2 aromatic carbocycles. The topological polar surface area (TPSA) is 18.5 Å². The van der Waals surface area contributed by atoms with Crippen molar-refractivity contribution in [2.24, 2.45) is 0 Å². The van der Waals surface area contributed by atoms with Gasteiger partial charge in [-0.15, -0.1) is 0 Å². The quantitative estimate of drug-likeness (QED) is 0.677. The molecular formula is C17H15Cl3O2. The van der Waals surface area contributed by atoms with E-state index in [1.54, 1.807) is 18.2 Å². The SMILES string of the molecule is CC1(C)Cc2cc(Cl)cc(COc3c(Cl)cccc3Cl)c2O1. The van der Waals surface area contributed by atoms with E-state index in [1.165, 1.54) is 0 Å². The molecule has 3 rings (SSSR count). The molecule has 22 heavy (non-hydrogen) atoms. The molecule has 0 saturated carbocycles. The largest absolute Gasteiger partial charge is 0.487 e. The van der Waals surface area contributed by atoms with Gasteiger partial charge in [-0.1, -0.05) is 40.9 Å². The number of hydrogen-bond donors (Lipinski definition) is 0. The molecule has 0 atom stereocenters. The number of halogens is 3. The van der Waals surface area contributed by atoms with Gasteiger partial charge < -0.3 is 9.47 Å². The molecule has 0 radical (unpaired) electrons. The van der Waals surface area contributed by atoms with Gasteiger partial charge in [0, 0.05) is 17.0 Å². The Bertz CT molecular complexity index is 706. The van der Waals surface area contributed by atoms with E-state index < -0.39 is 0 Å². The van der Waals surface area contributed by atoms with E-state index in [2.05, 4.69) is 13.8 Å². The van der Waals surface area contributed by atoms with Crippen molar-refractivity contribution in [2.45, 2.75) is 32.5 Å². The predicted molar refractivity (Wildman–Crippen MR) is 90.7 cm³/mol. The first-order valence-corrected chi connectivity index (χ1v) is 8.06. The second kappa shape index (κ2) is 5.84. The molecule has 0 N–H and O–H groups in total. The molecule has 0 aromatic heterocycles. The molecule has 1 heterocycles. The summed E-state index contributed by atoms with van der Waals surface area (Å²) in [6.07, 6.45) is 0.822. The Labute approximate surface area is 144 Å². The Morgan fingerprint density at radius 2 is 1.82 bits per heavy atom. The second-order valence-corrected chi connectivity index (χ2v) is 7.18. The van der Waals surface area contributed by atoms with Crippen molar-refractivity contribution in [1.29, 1.82) is 0 Å². The Balaban J connectivity index is 1.88. The van der Waals surface area contributed by atoms with E-state index in [-0.39, 0.29) is 5.60 Å². The number of para-hydroxylation sites is 1. The molecular weight excluding hydrogens is 343 g/mol. The van der Waals surface area contributed by atoms with Gasteiger partial charge in [-0.2, -0.15) is 0 Å². The maximum absolute atomic E-state index is 6.20. The molecule has 0 bridgehead atoms. The van der Waals surface area contributed by atoms with Crippen LogP contribution in [-0.4, -0.2) is 5.60 Å². The summed E-state index contributed by atoms with van der Waals surface area (Å²) >= 11 is 18.4. The highest BCUT2D eigenvalue weighted by molar-refractivity contribution is 6.37. The summed E-state index contributed by atoms with van der Waals surface area (Å²) in [5, 5.41) is 1.63. The van der Waals surface area contributed by atoms with E-state index in [1.807, 2.05) is 12.1 Å². The summed E-state index contributed by atoms with van der Waals surface area (Å²) < 4.78 is 11.8. The van der Waals surface area contributed by atoms with Gasteiger partial charge in [0.05, 0.1) is 10.0 Å². The Kier molecular flexibility index (Phi) is 4.19. The summed E-state index contributed by atoms with van der Waals surface area (Å²) in [5.74, 6) is 1.31. The van der Waals surface area contributed by atoms with Gasteiger partial charge in [-0.25, -0.2) is 0 Å². The fourth-order valence-electron chi connectivity index (χ4n) is 2.62. The van der Waals surface area contributed by atoms with Crippen LogP contribution in [0.25, 0.3) is 0 Å². The van der Waals surface area contributed by atoms with Crippen molar-refractivity contribution in [3.63, 3.8) is 0 Å². The number of benzene rings is 2. The summed E-state index contributed by atoms with van der Waals surface area (Å²) in [7, 11) is 0. The number of hydrogen-bond acceptors (Lipinski definition) is 2. The zero-order valence-corrected chi connectivity index (χ0v) is 14.5. The number of ether oxygens (including phenoxy) is 2. The minimum atomic E-state index is -0.232. The van der Waals surface area contributed by atoms with E-state index in [9.17, 15) is 0 Å². The number of fused-ring (bicyclic) bond motifs is 1. The molecule has 5 heteroatoms. The summed E-state index contributed by atoms with van der Waals surface area (Å²) in [6, 6.07) is 9.06. The van der Waals surface area contributed by atoms with Crippen LogP contribution in [0.5, 0.6) is 11.5 Å². The lowest BCUT2D eigenvalue weighted by molar-refractivity contribution is 0.135. The molecule has 0 spiro atoms. The normalized spacial score (nSPS) is 15.3. The van der Waals surface area contributed by atoms with Crippen molar-refractivity contribution in [3.8, 4) is 11.5 Å². The molecule has 1 aliphatic heterocycles. The zero-order chi connectivity index (χ0) is 15.9. The first kappa shape index (κ1) is 15.8.